The molecule has 0 aliphatic carbocycles. The minimum atomic E-state index is -3.07. The Morgan fingerprint density at radius 1 is 1.10 bits per heavy atom. The van der Waals surface area contributed by atoms with E-state index in [9.17, 15) is 13.2 Å². The molecule has 0 N–H and O–H groups in total. The first-order valence-corrected chi connectivity index (χ1v) is 9.03. The molecule has 1 aromatic rings. The summed E-state index contributed by atoms with van der Waals surface area (Å²) in [6, 6.07) is 5.40. The first-order chi connectivity index (χ1) is 9.82. The number of sulfone groups is 1. The fraction of sp³-hybridized carbons (Fsp3) is 0.533. The smallest absolute Gasteiger partial charge is 0.318 e. The van der Waals surface area contributed by atoms with Crippen LogP contribution in [0, 0.1) is 13.8 Å². The van der Waals surface area contributed by atoms with Gasteiger partial charge in [-0.3, -0.25) is 4.90 Å². The fourth-order valence-electron chi connectivity index (χ4n) is 3.54. The number of hydrogen-bond acceptors (Lipinski definition) is 3. The maximum Gasteiger partial charge on any atom is 0.325 e. The molecule has 0 radical (unpaired) electrons. The molecule has 6 heteroatoms. The lowest BCUT2D eigenvalue weighted by molar-refractivity contribution is 0.212. The van der Waals surface area contributed by atoms with Crippen LogP contribution in [-0.4, -0.2) is 49.5 Å². The molecule has 0 aromatic heterocycles. The standard InChI is InChI=1S/C15H20N2O3S/c1-4-16-13-8-21(19,20)9-14(13)17(15(16)18)12-6-10(2)5-11(3)7-12/h5-7,13-14H,4,8-9H2,1-3H3. The average Bonchev–Trinajstić information content (AvgIpc) is 2.76. The molecule has 2 aliphatic heterocycles. The van der Waals surface area contributed by atoms with Gasteiger partial charge in [0, 0.05) is 12.2 Å². The molecule has 0 bridgehead atoms. The van der Waals surface area contributed by atoms with Gasteiger partial charge in [0.05, 0.1) is 23.6 Å². The van der Waals surface area contributed by atoms with Gasteiger partial charge in [0.2, 0.25) is 0 Å². The summed E-state index contributed by atoms with van der Waals surface area (Å²) in [5, 5.41) is 0. The van der Waals surface area contributed by atoms with Crippen molar-refractivity contribution in [3.05, 3.63) is 29.3 Å². The number of anilines is 1. The lowest BCUT2D eigenvalue weighted by Crippen LogP contribution is -2.37. The van der Waals surface area contributed by atoms with E-state index in [0.717, 1.165) is 16.8 Å². The summed E-state index contributed by atoms with van der Waals surface area (Å²) in [5.41, 5.74) is 2.95. The van der Waals surface area contributed by atoms with Gasteiger partial charge < -0.3 is 4.90 Å². The van der Waals surface area contributed by atoms with Gasteiger partial charge in [0.25, 0.3) is 0 Å². The molecule has 1 aromatic carbocycles. The second-order valence-electron chi connectivity index (χ2n) is 6.00. The zero-order chi connectivity index (χ0) is 15.4. The highest BCUT2D eigenvalue weighted by molar-refractivity contribution is 7.91. The Morgan fingerprint density at radius 2 is 1.67 bits per heavy atom. The Balaban J connectivity index is 2.06. The van der Waals surface area contributed by atoms with E-state index in [2.05, 4.69) is 0 Å². The van der Waals surface area contributed by atoms with Gasteiger partial charge in [-0.2, -0.15) is 0 Å². The fourth-order valence-corrected chi connectivity index (χ4v) is 5.49. The van der Waals surface area contributed by atoms with E-state index in [4.69, 9.17) is 0 Å². The predicted molar refractivity (Wildman–Crippen MR) is 82.4 cm³/mol. The van der Waals surface area contributed by atoms with Gasteiger partial charge in [-0.05, 0) is 44.0 Å². The van der Waals surface area contributed by atoms with Gasteiger partial charge >= 0.3 is 6.03 Å². The van der Waals surface area contributed by atoms with Crippen LogP contribution in [0.15, 0.2) is 18.2 Å². The average molecular weight is 308 g/mol. The van der Waals surface area contributed by atoms with E-state index in [1.54, 1.807) is 9.80 Å². The number of nitrogens with zero attached hydrogens (tertiary/aromatic N) is 2. The number of carbonyl (C=O) groups excluding carboxylic acids is 1. The number of benzene rings is 1. The van der Waals surface area contributed by atoms with E-state index in [1.165, 1.54) is 0 Å². The highest BCUT2D eigenvalue weighted by Crippen LogP contribution is 2.35. The summed E-state index contributed by atoms with van der Waals surface area (Å²) in [6.45, 7) is 6.40. The molecule has 2 fully saturated rings. The van der Waals surface area contributed by atoms with Crippen molar-refractivity contribution in [2.45, 2.75) is 32.9 Å². The third-order valence-corrected chi connectivity index (χ3v) is 6.00. The zero-order valence-corrected chi connectivity index (χ0v) is 13.4. The van der Waals surface area contributed by atoms with Crippen LogP contribution in [0.2, 0.25) is 0 Å². The molecular formula is C15H20N2O3S. The Morgan fingerprint density at radius 3 is 2.24 bits per heavy atom. The Kier molecular flexibility index (Phi) is 3.24. The van der Waals surface area contributed by atoms with Crippen molar-refractivity contribution < 1.29 is 13.2 Å². The Hall–Kier alpha value is -1.56. The topological polar surface area (TPSA) is 57.7 Å². The highest BCUT2D eigenvalue weighted by atomic mass is 32.2. The van der Waals surface area contributed by atoms with Crippen LogP contribution in [0.25, 0.3) is 0 Å². The number of urea groups is 1. The number of aryl methyl sites for hydroxylation is 2. The molecule has 2 saturated heterocycles. The Bertz CT molecular complexity index is 679. The summed E-state index contributed by atoms with van der Waals surface area (Å²) < 4.78 is 23.9. The second kappa shape index (κ2) is 4.73. The number of likely N-dealkylation sites (N-methyl/N-ethyl adjacent to an activating group) is 1. The number of amides is 2. The van der Waals surface area contributed by atoms with Crippen LogP contribution in [0.1, 0.15) is 18.1 Å². The van der Waals surface area contributed by atoms with Crippen molar-refractivity contribution in [2.24, 2.45) is 0 Å². The summed E-state index contributed by atoms with van der Waals surface area (Å²) in [7, 11) is -3.07. The third kappa shape index (κ3) is 2.31. The molecule has 2 aliphatic rings. The molecule has 2 amide bonds. The summed E-state index contributed by atoms with van der Waals surface area (Å²) >= 11 is 0. The van der Waals surface area contributed by atoms with Crippen LogP contribution in [0.5, 0.6) is 0 Å². The van der Waals surface area contributed by atoms with E-state index in [1.807, 2.05) is 39.0 Å². The molecule has 114 valence electrons. The SMILES string of the molecule is CCN1C(=O)N(c2cc(C)cc(C)c2)C2CS(=O)(=O)CC21. The van der Waals surface area contributed by atoms with Gasteiger partial charge in [-0.15, -0.1) is 0 Å². The number of carbonyl (C=O) groups is 1. The van der Waals surface area contributed by atoms with Crippen molar-refractivity contribution in [3.8, 4) is 0 Å². The third-order valence-electron chi connectivity index (χ3n) is 4.30. The van der Waals surface area contributed by atoms with Crippen LogP contribution in [0.4, 0.5) is 10.5 Å². The van der Waals surface area contributed by atoms with Gasteiger partial charge in [0.1, 0.15) is 0 Å². The van der Waals surface area contributed by atoms with Crippen LogP contribution in [0.3, 0.4) is 0 Å². The number of rotatable bonds is 2. The van der Waals surface area contributed by atoms with Crippen molar-refractivity contribution in [1.82, 2.24) is 4.90 Å². The van der Waals surface area contributed by atoms with Crippen molar-refractivity contribution in [1.29, 1.82) is 0 Å². The molecule has 0 spiro atoms. The van der Waals surface area contributed by atoms with Gasteiger partial charge in [-0.1, -0.05) is 6.07 Å². The minimum Gasteiger partial charge on any atom is -0.318 e. The largest absolute Gasteiger partial charge is 0.325 e. The van der Waals surface area contributed by atoms with Crippen LogP contribution >= 0.6 is 0 Å². The van der Waals surface area contributed by atoms with Gasteiger partial charge in [0.15, 0.2) is 9.84 Å². The van der Waals surface area contributed by atoms with Crippen molar-refractivity contribution >= 4 is 21.6 Å². The summed E-state index contributed by atoms with van der Waals surface area (Å²) in [4.78, 5) is 16.0. The maximum absolute atomic E-state index is 12.6. The second-order valence-corrected chi connectivity index (χ2v) is 8.15. The molecule has 2 unspecified atom stereocenters. The lowest BCUT2D eigenvalue weighted by atomic mass is 10.1. The predicted octanol–water partition coefficient (Wildman–Crippen LogP) is 1.73. The highest BCUT2D eigenvalue weighted by Gasteiger charge is 2.53. The minimum absolute atomic E-state index is 0.0624. The van der Waals surface area contributed by atoms with Crippen LogP contribution in [-0.2, 0) is 9.84 Å². The van der Waals surface area contributed by atoms with E-state index < -0.39 is 9.84 Å². The summed E-state index contributed by atoms with van der Waals surface area (Å²) in [5.74, 6) is 0.144. The number of hydrogen-bond donors (Lipinski definition) is 0. The van der Waals surface area contributed by atoms with Gasteiger partial charge in [-0.25, -0.2) is 13.2 Å². The maximum atomic E-state index is 12.6. The van der Waals surface area contributed by atoms with E-state index >= 15 is 0 Å². The van der Waals surface area contributed by atoms with E-state index in [-0.39, 0.29) is 29.6 Å². The molecule has 2 atom stereocenters. The lowest BCUT2D eigenvalue weighted by Gasteiger charge is -2.22. The first kappa shape index (κ1) is 14.4. The zero-order valence-electron chi connectivity index (χ0n) is 12.5. The molecule has 21 heavy (non-hydrogen) atoms. The normalized spacial score (nSPS) is 27.3. The molecule has 5 nitrogen and oxygen atoms in total. The Labute approximate surface area is 125 Å². The monoisotopic (exact) mass is 308 g/mol. The van der Waals surface area contributed by atoms with Crippen LogP contribution < -0.4 is 4.90 Å². The van der Waals surface area contributed by atoms with E-state index in [0.29, 0.717) is 6.54 Å². The quantitative estimate of drug-likeness (QED) is 0.782. The number of fused-ring (bicyclic) bond motifs is 1. The van der Waals surface area contributed by atoms with Crippen molar-refractivity contribution in [3.63, 3.8) is 0 Å². The summed E-state index contributed by atoms with van der Waals surface area (Å²) in [6.07, 6.45) is 0. The molecule has 0 saturated carbocycles. The molecule has 2 heterocycles. The van der Waals surface area contributed by atoms with Crippen molar-refractivity contribution in [2.75, 3.05) is 23.0 Å². The molecule has 3 rings (SSSR count). The first-order valence-electron chi connectivity index (χ1n) is 7.21. The molecular weight excluding hydrogens is 288 g/mol.